The number of azo groups is 2. The van der Waals surface area contributed by atoms with E-state index in [0.717, 1.165) is 8.92 Å². The van der Waals surface area contributed by atoms with Crippen molar-refractivity contribution in [2.75, 3.05) is 13.7 Å². The molecule has 0 amide bonds. The van der Waals surface area contributed by atoms with Crippen LogP contribution in [0.15, 0.2) is 69.0 Å². The topological polar surface area (TPSA) is 136 Å². The van der Waals surface area contributed by atoms with Crippen molar-refractivity contribution in [1.82, 2.24) is 0 Å². The molecule has 0 radical (unpaired) electrons. The molecule has 0 aromatic heterocycles. The molecule has 2 rings (SSSR count). The van der Waals surface area contributed by atoms with Crippen LogP contribution in [0.4, 0.5) is 11.4 Å². The van der Waals surface area contributed by atoms with E-state index in [4.69, 9.17) is 4.74 Å². The summed E-state index contributed by atoms with van der Waals surface area (Å²) >= 11 is 0.423. The number of nitrogens with zero attached hydrogens (tertiary/aromatic N) is 4. The summed E-state index contributed by atoms with van der Waals surface area (Å²) in [7, 11) is 1.19. The Labute approximate surface area is 213 Å². The third-order valence-electron chi connectivity index (χ3n) is 4.19. The average molecular weight is 610 g/mol. The van der Waals surface area contributed by atoms with Gasteiger partial charge in [-0.2, -0.15) is 0 Å². The van der Waals surface area contributed by atoms with Gasteiger partial charge < -0.3 is 0 Å². The van der Waals surface area contributed by atoms with Crippen LogP contribution >= 0.6 is 0 Å². The van der Waals surface area contributed by atoms with Gasteiger partial charge in [0.1, 0.15) is 0 Å². The first kappa shape index (κ1) is 28.2. The zero-order valence-electron chi connectivity index (χ0n) is 19.5. The Morgan fingerprint density at radius 2 is 1.14 bits per heavy atom. The number of hydrogen-bond acceptors (Lipinski definition) is 10. The molecule has 0 saturated carbocycles. The number of Topliss-reactive ketones (excluding diaryl/α,β-unsaturated/α-hetero) is 2. The molecule has 0 saturated heterocycles. The summed E-state index contributed by atoms with van der Waals surface area (Å²) in [6.45, 7) is 4.36. The second-order valence-electron chi connectivity index (χ2n) is 6.89. The molecule has 0 heterocycles. The molecule has 0 aliphatic rings. The molecule has 0 aliphatic heterocycles. The van der Waals surface area contributed by atoms with Crippen LogP contribution in [0, 0.1) is 0 Å². The van der Waals surface area contributed by atoms with Crippen molar-refractivity contribution in [2.45, 2.75) is 32.9 Å². The van der Waals surface area contributed by atoms with Crippen LogP contribution in [0.25, 0.3) is 0 Å². The third-order valence-corrected chi connectivity index (χ3v) is 11.4. The molecular formula is C23H24N4O6Se2. The summed E-state index contributed by atoms with van der Waals surface area (Å²) in [4.78, 5) is 46.5. The van der Waals surface area contributed by atoms with Gasteiger partial charge in [-0.05, 0) is 0 Å². The molecule has 2 unspecified atom stereocenters. The molecule has 2 aromatic rings. The van der Waals surface area contributed by atoms with E-state index in [2.05, 4.69) is 25.2 Å². The number of carbonyl (C=O) groups excluding carboxylic acids is 4. The van der Waals surface area contributed by atoms with Crippen molar-refractivity contribution in [3.8, 4) is 0 Å². The van der Waals surface area contributed by atoms with E-state index >= 15 is 0 Å². The Hall–Kier alpha value is -3.04. The monoisotopic (exact) mass is 612 g/mol. The zero-order chi connectivity index (χ0) is 25.8. The zero-order valence-corrected chi connectivity index (χ0v) is 23.0. The Bertz CT molecular complexity index is 1100. The predicted molar refractivity (Wildman–Crippen MR) is 130 cm³/mol. The molecule has 184 valence electrons. The molecule has 35 heavy (non-hydrogen) atoms. The van der Waals surface area contributed by atoms with Gasteiger partial charge in [0, 0.05) is 0 Å². The summed E-state index contributed by atoms with van der Waals surface area (Å²) in [6.07, 6.45) is 0. The molecule has 12 heteroatoms. The normalized spacial score (nSPS) is 12.9. The van der Waals surface area contributed by atoms with Gasteiger partial charge in [0.05, 0.1) is 0 Å². The average Bonchev–Trinajstić information content (AvgIpc) is 2.84. The molecule has 2 aromatic carbocycles. The number of ether oxygens (including phenoxy) is 2. The van der Waals surface area contributed by atoms with E-state index in [1.165, 1.54) is 21.0 Å². The Morgan fingerprint density at radius 1 is 0.743 bits per heavy atom. The fourth-order valence-corrected chi connectivity index (χ4v) is 8.37. The maximum atomic E-state index is 11.8. The third kappa shape index (κ3) is 9.26. The Morgan fingerprint density at radius 3 is 1.49 bits per heavy atom. The van der Waals surface area contributed by atoms with Crippen LogP contribution in [-0.4, -0.2) is 75.6 Å². The van der Waals surface area contributed by atoms with Gasteiger partial charge in [0.25, 0.3) is 0 Å². The van der Waals surface area contributed by atoms with Crippen molar-refractivity contribution < 1.29 is 28.7 Å². The second-order valence-corrected chi connectivity index (χ2v) is 13.2. The minimum absolute atomic E-state index is 0.166. The molecular weight excluding hydrogens is 586 g/mol. The fourth-order valence-electron chi connectivity index (χ4n) is 2.40. The van der Waals surface area contributed by atoms with Crippen molar-refractivity contribution in [2.24, 2.45) is 20.5 Å². The molecule has 0 N–H and O–H groups in total. The number of ketones is 2. The van der Waals surface area contributed by atoms with Crippen LogP contribution in [0.1, 0.15) is 20.8 Å². The van der Waals surface area contributed by atoms with Crippen molar-refractivity contribution in [3.63, 3.8) is 0 Å². The fraction of sp³-hybridized carbons (Fsp3) is 0.304. The molecule has 0 fully saturated rings. The number of rotatable bonds is 12. The SMILES string of the molecule is CCOC(=O)C(N=Nc1ccc([Se][Se]c2ccc(N=NC(C(C)=O)C(=O)OC)cc2)cc1)C(C)=O. The summed E-state index contributed by atoms with van der Waals surface area (Å²) in [5.41, 5.74) is 1.08. The van der Waals surface area contributed by atoms with Gasteiger partial charge in [0.2, 0.25) is 0 Å². The standard InChI is InChI=1S/C23H24N4O6Se2/c1-5-33-23(31)21(15(3)29)27-25-17-8-12-19(13-9-17)35-34-18-10-6-16(7-11-18)24-26-20(14(2)28)22(30)32-4/h6-13,20-21H,5H2,1-4H3. The predicted octanol–water partition coefficient (Wildman–Crippen LogP) is 1.78. The first-order valence-corrected chi connectivity index (χ1v) is 16.4. The molecule has 2 atom stereocenters. The molecule has 0 aliphatic carbocycles. The van der Waals surface area contributed by atoms with Crippen LogP contribution in [0.3, 0.4) is 0 Å². The first-order valence-electron chi connectivity index (χ1n) is 10.4. The number of carbonyl (C=O) groups is 4. The molecule has 0 spiro atoms. The number of methoxy groups -OCH3 is 1. The number of benzene rings is 2. The van der Waals surface area contributed by atoms with E-state index in [1.807, 2.05) is 24.3 Å². The number of hydrogen-bond donors (Lipinski definition) is 0. The summed E-state index contributed by atoms with van der Waals surface area (Å²) in [5, 5.41) is 15.6. The Balaban J connectivity index is 1.94. The second kappa shape index (κ2) is 14.4. The van der Waals surface area contributed by atoms with E-state index in [1.54, 1.807) is 31.2 Å². The quantitative estimate of drug-likeness (QED) is 0.156. The van der Waals surface area contributed by atoms with Crippen LogP contribution < -0.4 is 8.92 Å². The van der Waals surface area contributed by atoms with E-state index < -0.39 is 35.6 Å². The Kier molecular flexibility index (Phi) is 11.6. The van der Waals surface area contributed by atoms with Crippen LogP contribution in [-0.2, 0) is 28.7 Å². The van der Waals surface area contributed by atoms with Crippen LogP contribution in [0.5, 0.6) is 0 Å². The van der Waals surface area contributed by atoms with Crippen molar-refractivity contribution in [3.05, 3.63) is 48.5 Å². The van der Waals surface area contributed by atoms with Gasteiger partial charge >= 0.3 is 214 Å². The van der Waals surface area contributed by atoms with Crippen LogP contribution in [0.2, 0.25) is 0 Å². The summed E-state index contributed by atoms with van der Waals surface area (Å²) in [5.74, 6) is -2.31. The van der Waals surface area contributed by atoms with Gasteiger partial charge in [-0.15, -0.1) is 0 Å². The summed E-state index contributed by atoms with van der Waals surface area (Å²) in [6, 6.07) is 12.4. The summed E-state index contributed by atoms with van der Waals surface area (Å²) < 4.78 is 11.7. The molecule has 10 nitrogen and oxygen atoms in total. The van der Waals surface area contributed by atoms with E-state index in [-0.39, 0.29) is 32.9 Å². The van der Waals surface area contributed by atoms with Crippen molar-refractivity contribution in [1.29, 1.82) is 0 Å². The van der Waals surface area contributed by atoms with Gasteiger partial charge in [-0.25, -0.2) is 0 Å². The van der Waals surface area contributed by atoms with Crippen molar-refractivity contribution >= 4 is 70.1 Å². The van der Waals surface area contributed by atoms with Gasteiger partial charge in [-0.1, -0.05) is 0 Å². The minimum atomic E-state index is -1.26. The van der Waals surface area contributed by atoms with Gasteiger partial charge in [-0.3, -0.25) is 0 Å². The molecule has 0 bridgehead atoms. The van der Waals surface area contributed by atoms with E-state index in [9.17, 15) is 19.2 Å². The van der Waals surface area contributed by atoms with E-state index in [0.29, 0.717) is 11.4 Å². The number of esters is 2. The maximum absolute atomic E-state index is 11.8. The van der Waals surface area contributed by atoms with Gasteiger partial charge in [0.15, 0.2) is 0 Å². The first-order chi connectivity index (χ1) is 16.7.